The van der Waals surface area contributed by atoms with Crippen LogP contribution in [0, 0.1) is 6.92 Å². The van der Waals surface area contributed by atoms with Gasteiger partial charge in [0.2, 0.25) is 0 Å². The summed E-state index contributed by atoms with van der Waals surface area (Å²) in [6.45, 7) is 3.39. The molecular formula is C10H14N4O3. The third-order valence-electron chi connectivity index (χ3n) is 1.98. The summed E-state index contributed by atoms with van der Waals surface area (Å²) in [7, 11) is 0. The third-order valence-corrected chi connectivity index (χ3v) is 1.98. The van der Waals surface area contributed by atoms with Crippen LogP contribution in [0.2, 0.25) is 0 Å². The van der Waals surface area contributed by atoms with E-state index in [9.17, 15) is 9.59 Å². The SMILES string of the molecule is Cc1cnc(CNC(=O)N[C@@H](C)C(=O)O)cn1. The van der Waals surface area contributed by atoms with Crippen LogP contribution in [0.3, 0.4) is 0 Å². The zero-order valence-corrected chi connectivity index (χ0v) is 9.60. The van der Waals surface area contributed by atoms with E-state index in [1.807, 2.05) is 6.92 Å². The molecule has 0 aromatic carbocycles. The molecule has 0 radical (unpaired) electrons. The minimum atomic E-state index is -1.09. The minimum Gasteiger partial charge on any atom is -0.480 e. The first kappa shape index (κ1) is 12.9. The molecule has 0 bridgehead atoms. The number of carbonyl (C=O) groups is 2. The van der Waals surface area contributed by atoms with Gasteiger partial charge in [-0.1, -0.05) is 0 Å². The van der Waals surface area contributed by atoms with E-state index in [2.05, 4.69) is 20.6 Å². The molecule has 3 N–H and O–H groups in total. The Balaban J connectivity index is 2.38. The number of aromatic nitrogens is 2. The average molecular weight is 238 g/mol. The van der Waals surface area contributed by atoms with Gasteiger partial charge in [-0.05, 0) is 13.8 Å². The number of nitrogens with one attached hydrogen (secondary N) is 2. The van der Waals surface area contributed by atoms with E-state index in [0.717, 1.165) is 5.69 Å². The van der Waals surface area contributed by atoms with E-state index in [4.69, 9.17) is 5.11 Å². The molecule has 0 saturated carbocycles. The van der Waals surface area contributed by atoms with Crippen LogP contribution < -0.4 is 10.6 Å². The largest absolute Gasteiger partial charge is 0.480 e. The maximum Gasteiger partial charge on any atom is 0.325 e. The number of nitrogens with zero attached hydrogens (tertiary/aromatic N) is 2. The quantitative estimate of drug-likeness (QED) is 0.688. The van der Waals surface area contributed by atoms with Crippen LogP contribution in [-0.4, -0.2) is 33.1 Å². The fourth-order valence-electron chi connectivity index (χ4n) is 0.991. The monoisotopic (exact) mass is 238 g/mol. The van der Waals surface area contributed by atoms with Crippen molar-refractivity contribution in [1.29, 1.82) is 0 Å². The van der Waals surface area contributed by atoms with E-state index >= 15 is 0 Å². The van der Waals surface area contributed by atoms with Crippen molar-refractivity contribution in [3.8, 4) is 0 Å². The molecule has 0 fully saturated rings. The lowest BCUT2D eigenvalue weighted by Gasteiger charge is -2.10. The number of urea groups is 1. The normalized spacial score (nSPS) is 11.6. The highest BCUT2D eigenvalue weighted by atomic mass is 16.4. The fourth-order valence-corrected chi connectivity index (χ4v) is 0.991. The van der Waals surface area contributed by atoms with Crippen molar-refractivity contribution >= 4 is 12.0 Å². The Morgan fingerprint density at radius 3 is 2.65 bits per heavy atom. The Hall–Kier alpha value is -2.18. The van der Waals surface area contributed by atoms with Gasteiger partial charge in [0, 0.05) is 6.20 Å². The van der Waals surface area contributed by atoms with Crippen molar-refractivity contribution in [2.45, 2.75) is 26.4 Å². The van der Waals surface area contributed by atoms with Crippen LogP contribution in [0.1, 0.15) is 18.3 Å². The Morgan fingerprint density at radius 1 is 1.41 bits per heavy atom. The lowest BCUT2D eigenvalue weighted by Crippen LogP contribution is -2.44. The highest BCUT2D eigenvalue weighted by Gasteiger charge is 2.13. The van der Waals surface area contributed by atoms with Crippen molar-refractivity contribution in [3.63, 3.8) is 0 Å². The lowest BCUT2D eigenvalue weighted by molar-refractivity contribution is -0.138. The number of carboxylic acid groups (broad SMARTS) is 1. The molecule has 2 amide bonds. The molecule has 1 rings (SSSR count). The number of rotatable bonds is 4. The molecule has 1 aromatic rings. The van der Waals surface area contributed by atoms with Crippen LogP contribution in [0.15, 0.2) is 12.4 Å². The highest BCUT2D eigenvalue weighted by Crippen LogP contribution is 1.93. The van der Waals surface area contributed by atoms with Crippen molar-refractivity contribution < 1.29 is 14.7 Å². The van der Waals surface area contributed by atoms with E-state index in [0.29, 0.717) is 5.69 Å². The summed E-state index contributed by atoms with van der Waals surface area (Å²) in [6, 6.07) is -1.48. The standard InChI is InChI=1S/C10H14N4O3/c1-6-3-12-8(4-11-6)5-13-10(17)14-7(2)9(15)16/h3-4,7H,5H2,1-2H3,(H,15,16)(H2,13,14,17)/t7-/m0/s1. The van der Waals surface area contributed by atoms with Gasteiger partial charge in [0.15, 0.2) is 0 Å². The summed E-state index contributed by atoms with van der Waals surface area (Å²) < 4.78 is 0. The smallest absolute Gasteiger partial charge is 0.325 e. The first-order valence-corrected chi connectivity index (χ1v) is 5.03. The molecule has 0 aliphatic carbocycles. The topological polar surface area (TPSA) is 104 Å². The van der Waals surface area contributed by atoms with Crippen molar-refractivity contribution in [3.05, 3.63) is 23.8 Å². The van der Waals surface area contributed by atoms with Gasteiger partial charge in [-0.3, -0.25) is 14.8 Å². The van der Waals surface area contributed by atoms with Crippen molar-refractivity contribution in [2.24, 2.45) is 0 Å². The molecular weight excluding hydrogens is 224 g/mol. The molecule has 1 atom stereocenters. The second-order valence-electron chi connectivity index (χ2n) is 3.54. The molecule has 0 saturated heterocycles. The van der Waals surface area contributed by atoms with Crippen LogP contribution in [0.5, 0.6) is 0 Å². The van der Waals surface area contributed by atoms with E-state index < -0.39 is 18.0 Å². The summed E-state index contributed by atoms with van der Waals surface area (Å²) >= 11 is 0. The van der Waals surface area contributed by atoms with Gasteiger partial charge in [-0.15, -0.1) is 0 Å². The molecule has 1 aromatic heterocycles. The van der Waals surface area contributed by atoms with E-state index in [1.54, 1.807) is 12.4 Å². The van der Waals surface area contributed by atoms with Crippen molar-refractivity contribution in [1.82, 2.24) is 20.6 Å². The van der Waals surface area contributed by atoms with Gasteiger partial charge in [0.25, 0.3) is 0 Å². The maximum absolute atomic E-state index is 11.3. The van der Waals surface area contributed by atoms with Crippen LogP contribution in [-0.2, 0) is 11.3 Å². The maximum atomic E-state index is 11.3. The number of carboxylic acids is 1. The fraction of sp³-hybridized carbons (Fsp3) is 0.400. The lowest BCUT2D eigenvalue weighted by atomic mass is 10.3. The average Bonchev–Trinajstić information content (AvgIpc) is 2.28. The Kier molecular flexibility index (Phi) is 4.38. The predicted octanol–water partition coefficient (Wildman–Crippen LogP) is 0.0573. The minimum absolute atomic E-state index is 0.200. The predicted molar refractivity (Wildman–Crippen MR) is 59.2 cm³/mol. The summed E-state index contributed by atoms with van der Waals surface area (Å²) in [6.07, 6.45) is 3.14. The van der Waals surface area contributed by atoms with Crippen LogP contribution >= 0.6 is 0 Å². The number of amides is 2. The van der Waals surface area contributed by atoms with E-state index in [1.165, 1.54) is 6.92 Å². The summed E-state index contributed by atoms with van der Waals surface area (Å²) in [5.74, 6) is -1.09. The van der Waals surface area contributed by atoms with Gasteiger partial charge >= 0.3 is 12.0 Å². The molecule has 0 aliphatic rings. The molecule has 0 aliphatic heterocycles. The van der Waals surface area contributed by atoms with Gasteiger partial charge in [0.05, 0.1) is 24.1 Å². The van der Waals surface area contributed by atoms with Gasteiger partial charge in [-0.2, -0.15) is 0 Å². The number of hydrogen-bond acceptors (Lipinski definition) is 4. The molecule has 7 nitrogen and oxygen atoms in total. The molecule has 92 valence electrons. The molecule has 0 spiro atoms. The molecule has 0 unspecified atom stereocenters. The highest BCUT2D eigenvalue weighted by molar-refractivity contribution is 5.82. The number of carbonyl (C=O) groups excluding carboxylic acids is 1. The number of aryl methyl sites for hydroxylation is 1. The zero-order chi connectivity index (χ0) is 12.8. The number of hydrogen-bond donors (Lipinski definition) is 3. The Morgan fingerprint density at radius 2 is 2.12 bits per heavy atom. The van der Waals surface area contributed by atoms with Gasteiger partial charge in [0.1, 0.15) is 6.04 Å². The Bertz CT molecular complexity index is 405. The van der Waals surface area contributed by atoms with E-state index in [-0.39, 0.29) is 6.54 Å². The summed E-state index contributed by atoms with van der Waals surface area (Å²) in [4.78, 5) is 29.8. The van der Waals surface area contributed by atoms with Crippen molar-refractivity contribution in [2.75, 3.05) is 0 Å². The van der Waals surface area contributed by atoms with Gasteiger partial charge in [-0.25, -0.2) is 4.79 Å². The second kappa shape index (κ2) is 5.78. The Labute approximate surface area is 98.3 Å². The third kappa shape index (κ3) is 4.45. The van der Waals surface area contributed by atoms with Gasteiger partial charge < -0.3 is 15.7 Å². The van der Waals surface area contributed by atoms with Crippen LogP contribution in [0.4, 0.5) is 4.79 Å². The second-order valence-corrected chi connectivity index (χ2v) is 3.54. The first-order valence-electron chi connectivity index (χ1n) is 5.03. The van der Waals surface area contributed by atoms with Crippen LogP contribution in [0.25, 0.3) is 0 Å². The summed E-state index contributed by atoms with van der Waals surface area (Å²) in [5.41, 5.74) is 1.39. The molecule has 17 heavy (non-hydrogen) atoms. The zero-order valence-electron chi connectivity index (χ0n) is 9.60. The first-order chi connectivity index (χ1) is 7.99. The number of aliphatic carboxylic acids is 1. The summed E-state index contributed by atoms with van der Waals surface area (Å²) in [5, 5.41) is 13.3. The molecule has 1 heterocycles. The molecule has 7 heteroatoms.